The molecule has 2 unspecified atom stereocenters. The Morgan fingerprint density at radius 3 is 2.95 bits per heavy atom. The molecule has 0 amide bonds. The monoisotopic (exact) mass is 316 g/mol. The van der Waals surface area contributed by atoms with E-state index < -0.39 is 10.0 Å². The summed E-state index contributed by atoms with van der Waals surface area (Å²) < 4.78 is 27.2. The molecule has 20 heavy (non-hydrogen) atoms. The summed E-state index contributed by atoms with van der Waals surface area (Å²) in [6, 6.07) is 4.90. The number of halogens is 1. The quantitative estimate of drug-likeness (QED) is 0.860. The Balaban J connectivity index is 0.00000200. The Morgan fingerprint density at radius 1 is 1.55 bits per heavy atom. The summed E-state index contributed by atoms with van der Waals surface area (Å²) in [5.41, 5.74) is -0.0722. The number of hydrogen-bond acceptors (Lipinski definition) is 5. The van der Waals surface area contributed by atoms with Crippen LogP contribution in [-0.2, 0) is 10.0 Å². The lowest BCUT2D eigenvalue weighted by Gasteiger charge is -2.28. The first-order valence-electron chi connectivity index (χ1n) is 6.14. The Morgan fingerprint density at radius 2 is 2.30 bits per heavy atom. The molecule has 1 aromatic heterocycles. The molecular formula is C12H17ClN4O2S. The van der Waals surface area contributed by atoms with E-state index >= 15 is 0 Å². The predicted molar refractivity (Wildman–Crippen MR) is 77.0 cm³/mol. The molecule has 0 saturated carbocycles. The van der Waals surface area contributed by atoms with Gasteiger partial charge in [0, 0.05) is 18.3 Å². The molecule has 2 heterocycles. The van der Waals surface area contributed by atoms with Crippen LogP contribution >= 0.6 is 12.4 Å². The Hall–Kier alpha value is -1.20. The minimum atomic E-state index is -3.69. The molecular weight excluding hydrogens is 300 g/mol. The number of aromatic nitrogens is 1. The first kappa shape index (κ1) is 16.9. The molecule has 110 valence electrons. The zero-order chi connectivity index (χ0) is 13.9. The van der Waals surface area contributed by atoms with Crippen LogP contribution in [0.2, 0.25) is 0 Å². The smallest absolute Gasteiger partial charge is 0.243 e. The van der Waals surface area contributed by atoms with E-state index in [9.17, 15) is 8.42 Å². The highest BCUT2D eigenvalue weighted by Gasteiger charge is 2.26. The number of rotatable bonds is 3. The van der Waals surface area contributed by atoms with Crippen molar-refractivity contribution < 1.29 is 8.42 Å². The number of nitrogens with zero attached hydrogens (tertiary/aromatic N) is 2. The van der Waals surface area contributed by atoms with Gasteiger partial charge in [0.05, 0.1) is 0 Å². The second kappa shape index (κ2) is 6.99. The first-order chi connectivity index (χ1) is 9.03. The highest BCUT2D eigenvalue weighted by Crippen LogP contribution is 2.16. The van der Waals surface area contributed by atoms with Crippen molar-refractivity contribution in [2.75, 3.05) is 6.54 Å². The van der Waals surface area contributed by atoms with Crippen molar-refractivity contribution in [3.05, 3.63) is 24.0 Å². The van der Waals surface area contributed by atoms with E-state index in [0.29, 0.717) is 0 Å². The molecule has 2 atom stereocenters. The lowest BCUT2D eigenvalue weighted by atomic mass is 10.0. The van der Waals surface area contributed by atoms with Crippen molar-refractivity contribution >= 4 is 22.4 Å². The van der Waals surface area contributed by atoms with Crippen LogP contribution in [0.15, 0.2) is 23.2 Å². The molecule has 0 spiro atoms. The lowest BCUT2D eigenvalue weighted by Crippen LogP contribution is -2.46. The summed E-state index contributed by atoms with van der Waals surface area (Å²) in [7, 11) is -3.69. The maximum Gasteiger partial charge on any atom is 0.243 e. The van der Waals surface area contributed by atoms with E-state index in [1.54, 1.807) is 6.07 Å². The summed E-state index contributed by atoms with van der Waals surface area (Å²) in [5.74, 6) is 0. The highest BCUT2D eigenvalue weighted by molar-refractivity contribution is 7.89. The molecule has 1 aliphatic rings. The normalized spacial score (nSPS) is 22.6. The predicted octanol–water partition coefficient (Wildman–Crippen LogP) is 0.794. The van der Waals surface area contributed by atoms with E-state index in [1.807, 2.05) is 6.92 Å². The van der Waals surface area contributed by atoms with Crippen molar-refractivity contribution in [2.24, 2.45) is 0 Å². The molecule has 1 aliphatic heterocycles. The third kappa shape index (κ3) is 3.90. The molecule has 0 aliphatic carbocycles. The maximum absolute atomic E-state index is 12.3. The number of piperidine rings is 1. The minimum absolute atomic E-state index is 0. The van der Waals surface area contributed by atoms with Crippen LogP contribution in [0.4, 0.5) is 0 Å². The molecule has 0 bridgehead atoms. The van der Waals surface area contributed by atoms with Crippen LogP contribution in [-0.4, -0.2) is 32.0 Å². The van der Waals surface area contributed by atoms with Crippen LogP contribution in [0, 0.1) is 11.3 Å². The molecule has 0 aromatic carbocycles. The zero-order valence-corrected chi connectivity index (χ0v) is 12.7. The van der Waals surface area contributed by atoms with Crippen LogP contribution in [0.25, 0.3) is 0 Å². The van der Waals surface area contributed by atoms with E-state index in [1.165, 1.54) is 18.3 Å². The summed E-state index contributed by atoms with van der Waals surface area (Å²) in [4.78, 5) is 3.73. The fraction of sp³-hybridized carbons (Fsp3) is 0.500. The second-order valence-corrected chi connectivity index (χ2v) is 6.34. The molecule has 1 fully saturated rings. The van der Waals surface area contributed by atoms with Gasteiger partial charge in [0.15, 0.2) is 5.69 Å². The van der Waals surface area contributed by atoms with E-state index in [0.717, 1.165) is 19.4 Å². The van der Waals surface area contributed by atoms with Gasteiger partial charge in [0.25, 0.3) is 0 Å². The number of hydrogen-bond donors (Lipinski definition) is 2. The van der Waals surface area contributed by atoms with Gasteiger partial charge in [-0.1, -0.05) is 0 Å². The molecule has 6 nitrogen and oxygen atoms in total. The van der Waals surface area contributed by atoms with Crippen molar-refractivity contribution in [1.82, 2.24) is 15.0 Å². The fourth-order valence-electron chi connectivity index (χ4n) is 2.21. The SMILES string of the molecule is CC1CC(NS(=O)(=O)c2cccnc2C#N)CCN1.Cl. The van der Waals surface area contributed by atoms with Crippen LogP contribution < -0.4 is 10.0 Å². The molecule has 8 heteroatoms. The number of pyridine rings is 1. The standard InChI is InChI=1S/C12H16N4O2S.ClH/c1-9-7-10(4-6-14-9)16-19(17,18)12-3-2-5-15-11(12)8-13;/h2-3,5,9-10,14,16H,4,6-7H2,1H3;1H. The van der Waals surface area contributed by atoms with Gasteiger partial charge in [0.1, 0.15) is 11.0 Å². The largest absolute Gasteiger partial charge is 0.314 e. The average molecular weight is 317 g/mol. The molecule has 1 saturated heterocycles. The topological polar surface area (TPSA) is 94.9 Å². The van der Waals surface area contributed by atoms with Crippen LogP contribution in [0.5, 0.6) is 0 Å². The van der Waals surface area contributed by atoms with E-state index in [4.69, 9.17) is 5.26 Å². The average Bonchev–Trinajstić information content (AvgIpc) is 2.38. The zero-order valence-electron chi connectivity index (χ0n) is 11.0. The summed E-state index contributed by atoms with van der Waals surface area (Å²) >= 11 is 0. The highest BCUT2D eigenvalue weighted by atomic mass is 35.5. The van der Waals surface area contributed by atoms with Crippen molar-refractivity contribution in [3.63, 3.8) is 0 Å². The molecule has 0 radical (unpaired) electrons. The summed E-state index contributed by atoms with van der Waals surface area (Å²) in [6.07, 6.45) is 2.89. The van der Waals surface area contributed by atoms with Crippen molar-refractivity contribution in [3.8, 4) is 6.07 Å². The Bertz CT molecular complexity index is 600. The maximum atomic E-state index is 12.3. The van der Waals surface area contributed by atoms with Crippen LogP contribution in [0.1, 0.15) is 25.5 Å². The second-order valence-electron chi connectivity index (χ2n) is 4.66. The van der Waals surface area contributed by atoms with Gasteiger partial charge < -0.3 is 5.32 Å². The van der Waals surface area contributed by atoms with Crippen molar-refractivity contribution in [2.45, 2.75) is 36.7 Å². The van der Waals surface area contributed by atoms with Gasteiger partial charge in [-0.2, -0.15) is 5.26 Å². The third-order valence-corrected chi connectivity index (χ3v) is 4.66. The van der Waals surface area contributed by atoms with Gasteiger partial charge in [-0.15, -0.1) is 12.4 Å². The van der Waals surface area contributed by atoms with Gasteiger partial charge in [-0.25, -0.2) is 18.1 Å². The number of sulfonamides is 1. The number of nitriles is 1. The molecule has 2 rings (SSSR count). The Kier molecular flexibility index (Phi) is 5.89. The van der Waals surface area contributed by atoms with Gasteiger partial charge in [-0.05, 0) is 38.4 Å². The van der Waals surface area contributed by atoms with Gasteiger partial charge in [0.2, 0.25) is 10.0 Å². The van der Waals surface area contributed by atoms with Crippen LogP contribution in [0.3, 0.4) is 0 Å². The molecule has 2 N–H and O–H groups in total. The third-order valence-electron chi connectivity index (χ3n) is 3.11. The summed E-state index contributed by atoms with van der Waals surface area (Å²) in [6.45, 7) is 2.80. The summed E-state index contributed by atoms with van der Waals surface area (Å²) in [5, 5.41) is 12.2. The first-order valence-corrected chi connectivity index (χ1v) is 7.62. The van der Waals surface area contributed by atoms with Crippen molar-refractivity contribution in [1.29, 1.82) is 5.26 Å². The van der Waals surface area contributed by atoms with E-state index in [2.05, 4.69) is 15.0 Å². The van der Waals surface area contributed by atoms with Gasteiger partial charge >= 0.3 is 0 Å². The number of nitrogens with one attached hydrogen (secondary N) is 2. The van der Waals surface area contributed by atoms with Gasteiger partial charge in [-0.3, -0.25) is 0 Å². The molecule has 1 aromatic rings. The van der Waals surface area contributed by atoms with E-state index in [-0.39, 0.29) is 35.1 Å². The minimum Gasteiger partial charge on any atom is -0.314 e. The lowest BCUT2D eigenvalue weighted by molar-refractivity contribution is 0.361. The fourth-order valence-corrected chi connectivity index (χ4v) is 3.60. The Labute approximate surface area is 125 Å².